The van der Waals surface area contributed by atoms with E-state index in [9.17, 15) is 0 Å². The third kappa shape index (κ3) is 6.79. The molecule has 2 N–H and O–H groups in total. The molecule has 0 aliphatic heterocycles. The number of aliphatic imine (C=N–C) groups is 1. The smallest absolute Gasteiger partial charge is 0.191 e. The van der Waals surface area contributed by atoms with Crippen molar-refractivity contribution in [2.75, 3.05) is 26.2 Å². The van der Waals surface area contributed by atoms with Crippen LogP contribution in [0.4, 0.5) is 0 Å². The van der Waals surface area contributed by atoms with Gasteiger partial charge in [0, 0.05) is 19.6 Å². The zero-order valence-corrected chi connectivity index (χ0v) is 16.0. The van der Waals surface area contributed by atoms with Gasteiger partial charge in [-0.1, -0.05) is 42.5 Å². The fraction of sp³-hybridized carbons (Fsp3) is 0.409. The first kappa shape index (κ1) is 19.8. The van der Waals surface area contributed by atoms with Crippen LogP contribution in [0.5, 0.6) is 5.75 Å². The highest BCUT2D eigenvalue weighted by molar-refractivity contribution is 5.77. The van der Waals surface area contributed by atoms with Gasteiger partial charge < -0.3 is 15.4 Å². The average molecular weight is 354 g/mol. The number of benzene rings is 2. The summed E-state index contributed by atoms with van der Waals surface area (Å²) in [6.45, 7) is 7.37. The third-order valence-corrected chi connectivity index (χ3v) is 4.38. The van der Waals surface area contributed by atoms with E-state index in [1.54, 1.807) is 0 Å². The summed E-state index contributed by atoms with van der Waals surface area (Å²) in [5.74, 6) is 1.56. The molecule has 4 nitrogen and oxygen atoms in total. The van der Waals surface area contributed by atoms with Crippen LogP contribution in [-0.2, 0) is 12.8 Å². The average Bonchev–Trinajstić information content (AvgIpc) is 2.67. The summed E-state index contributed by atoms with van der Waals surface area (Å²) in [6, 6.07) is 18.8. The number of hydrogen-bond donors (Lipinski definition) is 1. The molecule has 0 heterocycles. The molecule has 0 unspecified atom stereocenters. The van der Waals surface area contributed by atoms with Crippen LogP contribution in [-0.4, -0.2) is 37.1 Å². The first-order valence-corrected chi connectivity index (χ1v) is 9.53. The molecule has 2 rings (SSSR count). The van der Waals surface area contributed by atoms with E-state index in [2.05, 4.69) is 60.1 Å². The van der Waals surface area contributed by atoms with Crippen molar-refractivity contribution in [1.29, 1.82) is 0 Å². The SMILES string of the molecule is CCN(CC)C(N)=NCCc1cccc(OCCCc2ccccc2)c1. The fourth-order valence-electron chi connectivity index (χ4n) is 2.85. The monoisotopic (exact) mass is 353 g/mol. The Morgan fingerprint density at radius 3 is 2.42 bits per heavy atom. The third-order valence-electron chi connectivity index (χ3n) is 4.38. The standard InChI is InChI=1S/C22H31N3O/c1-3-25(4-2)22(23)24-16-15-20-12-8-14-21(18-20)26-17-9-13-19-10-6-5-7-11-19/h5-8,10-12,14,18H,3-4,9,13,15-17H2,1-2H3,(H2,23,24). The van der Waals surface area contributed by atoms with Crippen LogP contribution in [0.25, 0.3) is 0 Å². The molecule has 26 heavy (non-hydrogen) atoms. The number of guanidine groups is 1. The van der Waals surface area contributed by atoms with Gasteiger partial charge in [-0.2, -0.15) is 0 Å². The maximum Gasteiger partial charge on any atom is 0.191 e. The number of hydrogen-bond acceptors (Lipinski definition) is 2. The Balaban J connectivity index is 1.75. The van der Waals surface area contributed by atoms with E-state index >= 15 is 0 Å². The molecular weight excluding hydrogens is 322 g/mol. The lowest BCUT2D eigenvalue weighted by Crippen LogP contribution is -2.37. The Morgan fingerprint density at radius 1 is 0.962 bits per heavy atom. The summed E-state index contributed by atoms with van der Waals surface area (Å²) in [6.07, 6.45) is 2.92. The Hall–Kier alpha value is -2.49. The maximum atomic E-state index is 6.01. The zero-order chi connectivity index (χ0) is 18.6. The van der Waals surface area contributed by atoms with Gasteiger partial charge in [-0.3, -0.25) is 4.99 Å². The molecule has 2 aromatic carbocycles. The summed E-state index contributed by atoms with van der Waals surface area (Å²) >= 11 is 0. The number of rotatable bonds is 10. The highest BCUT2D eigenvalue weighted by atomic mass is 16.5. The molecule has 0 atom stereocenters. The predicted molar refractivity (Wildman–Crippen MR) is 110 cm³/mol. The molecule has 0 spiro atoms. The zero-order valence-electron chi connectivity index (χ0n) is 16.0. The molecule has 2 aromatic rings. The van der Waals surface area contributed by atoms with Crippen molar-refractivity contribution < 1.29 is 4.74 Å². The molecule has 140 valence electrons. The second kappa shape index (κ2) is 11.2. The maximum absolute atomic E-state index is 6.01. The van der Waals surface area contributed by atoms with Crippen LogP contribution in [0, 0.1) is 0 Å². The van der Waals surface area contributed by atoms with Crippen molar-refractivity contribution in [3.05, 3.63) is 65.7 Å². The number of aryl methyl sites for hydroxylation is 1. The second-order valence-corrected chi connectivity index (χ2v) is 6.25. The van der Waals surface area contributed by atoms with Gasteiger partial charge in [0.15, 0.2) is 5.96 Å². The molecule has 0 radical (unpaired) electrons. The van der Waals surface area contributed by atoms with Crippen LogP contribution < -0.4 is 10.5 Å². The van der Waals surface area contributed by atoms with E-state index in [1.165, 1.54) is 11.1 Å². The molecule has 0 aliphatic rings. The minimum absolute atomic E-state index is 0.628. The van der Waals surface area contributed by atoms with Crippen LogP contribution >= 0.6 is 0 Å². The van der Waals surface area contributed by atoms with Gasteiger partial charge in [0.2, 0.25) is 0 Å². The Kier molecular flexibility index (Phi) is 8.53. The molecule has 0 amide bonds. The topological polar surface area (TPSA) is 50.8 Å². The molecule has 0 saturated heterocycles. The van der Waals surface area contributed by atoms with Gasteiger partial charge in [0.05, 0.1) is 6.61 Å². The molecule has 0 saturated carbocycles. The largest absolute Gasteiger partial charge is 0.494 e. The Labute approximate surface area is 157 Å². The highest BCUT2D eigenvalue weighted by Gasteiger charge is 2.02. The Bertz CT molecular complexity index is 666. The van der Waals surface area contributed by atoms with Crippen molar-refractivity contribution in [3.63, 3.8) is 0 Å². The first-order valence-electron chi connectivity index (χ1n) is 9.53. The summed E-state index contributed by atoms with van der Waals surface area (Å²) in [4.78, 5) is 6.54. The van der Waals surface area contributed by atoms with Gasteiger partial charge in [-0.15, -0.1) is 0 Å². The summed E-state index contributed by atoms with van der Waals surface area (Å²) < 4.78 is 5.90. The van der Waals surface area contributed by atoms with E-state index in [0.29, 0.717) is 12.5 Å². The van der Waals surface area contributed by atoms with Crippen molar-refractivity contribution >= 4 is 5.96 Å². The Morgan fingerprint density at radius 2 is 1.69 bits per heavy atom. The molecular formula is C22H31N3O. The predicted octanol–water partition coefficient (Wildman–Crippen LogP) is 3.90. The van der Waals surface area contributed by atoms with Gasteiger partial charge in [-0.05, 0) is 56.4 Å². The van der Waals surface area contributed by atoms with E-state index in [4.69, 9.17) is 10.5 Å². The van der Waals surface area contributed by atoms with Gasteiger partial charge in [0.1, 0.15) is 5.75 Å². The summed E-state index contributed by atoms with van der Waals surface area (Å²) in [5.41, 5.74) is 8.59. The quantitative estimate of drug-likeness (QED) is 0.400. The number of nitrogens with zero attached hydrogens (tertiary/aromatic N) is 2. The minimum Gasteiger partial charge on any atom is -0.494 e. The molecule has 4 heteroatoms. The molecule has 0 bridgehead atoms. The van der Waals surface area contributed by atoms with Crippen LogP contribution in [0.3, 0.4) is 0 Å². The van der Waals surface area contributed by atoms with Crippen LogP contribution in [0.15, 0.2) is 59.6 Å². The second-order valence-electron chi connectivity index (χ2n) is 6.25. The fourth-order valence-corrected chi connectivity index (χ4v) is 2.85. The lowest BCUT2D eigenvalue weighted by Gasteiger charge is -2.19. The van der Waals surface area contributed by atoms with Crippen molar-refractivity contribution in [2.45, 2.75) is 33.1 Å². The number of ether oxygens (including phenoxy) is 1. The van der Waals surface area contributed by atoms with Gasteiger partial charge in [0.25, 0.3) is 0 Å². The lowest BCUT2D eigenvalue weighted by atomic mass is 10.1. The molecule has 0 aliphatic carbocycles. The van der Waals surface area contributed by atoms with Crippen molar-refractivity contribution in [2.24, 2.45) is 10.7 Å². The van der Waals surface area contributed by atoms with E-state index in [1.807, 2.05) is 18.2 Å². The normalized spacial score (nSPS) is 11.4. The number of nitrogens with two attached hydrogens (primary N) is 1. The van der Waals surface area contributed by atoms with E-state index in [-0.39, 0.29) is 0 Å². The summed E-state index contributed by atoms with van der Waals surface area (Å²) in [7, 11) is 0. The van der Waals surface area contributed by atoms with Gasteiger partial charge >= 0.3 is 0 Å². The lowest BCUT2D eigenvalue weighted by molar-refractivity contribution is 0.310. The van der Waals surface area contributed by atoms with Crippen molar-refractivity contribution in [3.8, 4) is 5.75 Å². The molecule has 0 aromatic heterocycles. The van der Waals surface area contributed by atoms with E-state index in [0.717, 1.165) is 44.7 Å². The minimum atomic E-state index is 0.628. The van der Waals surface area contributed by atoms with Gasteiger partial charge in [-0.25, -0.2) is 0 Å². The van der Waals surface area contributed by atoms with Crippen LogP contribution in [0.1, 0.15) is 31.4 Å². The van der Waals surface area contributed by atoms with Crippen molar-refractivity contribution in [1.82, 2.24) is 4.90 Å². The molecule has 0 fully saturated rings. The van der Waals surface area contributed by atoms with E-state index < -0.39 is 0 Å². The first-order chi connectivity index (χ1) is 12.7. The highest BCUT2D eigenvalue weighted by Crippen LogP contribution is 2.14. The van der Waals surface area contributed by atoms with Crippen LogP contribution in [0.2, 0.25) is 0 Å². The summed E-state index contributed by atoms with van der Waals surface area (Å²) in [5, 5.41) is 0.